The van der Waals surface area contributed by atoms with E-state index in [1.165, 1.54) is 6.21 Å². The number of H-pyrrole nitrogens is 1. The predicted molar refractivity (Wildman–Crippen MR) is 84.5 cm³/mol. The van der Waals surface area contributed by atoms with E-state index in [0.29, 0.717) is 6.42 Å². The van der Waals surface area contributed by atoms with Crippen LogP contribution in [0.4, 0.5) is 0 Å². The molecule has 1 N–H and O–H groups in total. The van der Waals surface area contributed by atoms with E-state index in [0.717, 1.165) is 22.4 Å². The summed E-state index contributed by atoms with van der Waals surface area (Å²) < 4.78 is 0. The topological polar surface area (TPSA) is 67.3 Å². The monoisotopic (exact) mass is 293 g/mol. The molecule has 3 aromatic rings. The number of nitrogens with zero attached hydrogens (tertiary/aromatic N) is 2. The van der Waals surface area contributed by atoms with Crippen molar-refractivity contribution in [2.75, 3.05) is 0 Å². The Kier molecular flexibility index (Phi) is 4.25. The fourth-order valence-corrected chi connectivity index (χ4v) is 2.12. The van der Waals surface area contributed by atoms with Gasteiger partial charge in [-0.15, -0.1) is 0 Å². The highest BCUT2D eigenvalue weighted by molar-refractivity contribution is 5.76. The normalized spacial score (nSPS) is 11.1. The molecule has 0 radical (unpaired) electrons. The third-order valence-corrected chi connectivity index (χ3v) is 3.14. The number of imidazole rings is 1. The molecular formula is C17H15N3O2. The molecule has 0 fully saturated rings. The smallest absolute Gasteiger partial charge is 0.339 e. The van der Waals surface area contributed by atoms with Crippen molar-refractivity contribution in [3.05, 3.63) is 66.0 Å². The third kappa shape index (κ3) is 3.58. The Labute approximate surface area is 127 Å². The first-order valence-corrected chi connectivity index (χ1v) is 7.00. The summed E-state index contributed by atoms with van der Waals surface area (Å²) >= 11 is 0. The average Bonchev–Trinajstić information content (AvgIpc) is 2.95. The molecule has 0 spiro atoms. The minimum Gasteiger partial charge on any atom is -0.342 e. The summed E-state index contributed by atoms with van der Waals surface area (Å²) in [6.07, 6.45) is 2.22. The molecule has 0 aliphatic carbocycles. The van der Waals surface area contributed by atoms with E-state index in [-0.39, 0.29) is 12.4 Å². The lowest BCUT2D eigenvalue weighted by Gasteiger charge is -1.97. The van der Waals surface area contributed by atoms with Crippen LogP contribution >= 0.6 is 0 Å². The molecule has 2 aromatic carbocycles. The number of aromatic amines is 1. The number of aromatic nitrogens is 2. The molecule has 0 aliphatic rings. The van der Waals surface area contributed by atoms with Gasteiger partial charge in [0, 0.05) is 6.42 Å². The van der Waals surface area contributed by atoms with Gasteiger partial charge in [-0.1, -0.05) is 47.6 Å². The number of benzene rings is 2. The van der Waals surface area contributed by atoms with Crippen LogP contribution in [0.2, 0.25) is 0 Å². The lowest BCUT2D eigenvalue weighted by atomic mass is 10.2. The summed E-state index contributed by atoms with van der Waals surface area (Å²) in [5.41, 5.74) is 2.79. The van der Waals surface area contributed by atoms with Crippen molar-refractivity contribution in [1.82, 2.24) is 9.97 Å². The maximum atomic E-state index is 11.6. The summed E-state index contributed by atoms with van der Waals surface area (Å²) in [6.45, 7) is 0. The molecule has 5 heteroatoms. The molecule has 5 nitrogen and oxygen atoms in total. The van der Waals surface area contributed by atoms with Crippen LogP contribution in [0.25, 0.3) is 11.0 Å². The molecular weight excluding hydrogens is 278 g/mol. The number of hydrogen-bond donors (Lipinski definition) is 1. The molecule has 22 heavy (non-hydrogen) atoms. The molecule has 0 atom stereocenters. The molecule has 110 valence electrons. The molecule has 0 bridgehead atoms. The van der Waals surface area contributed by atoms with Gasteiger partial charge in [-0.2, -0.15) is 0 Å². The maximum Gasteiger partial charge on any atom is 0.339 e. The first-order valence-electron chi connectivity index (χ1n) is 7.00. The van der Waals surface area contributed by atoms with E-state index in [1.807, 2.05) is 54.6 Å². The summed E-state index contributed by atoms with van der Waals surface area (Å²) in [7, 11) is 0. The molecule has 1 heterocycles. The van der Waals surface area contributed by atoms with Gasteiger partial charge in [0.1, 0.15) is 5.82 Å². The highest BCUT2D eigenvalue weighted by atomic mass is 16.7. The Balaban J connectivity index is 1.51. The van der Waals surface area contributed by atoms with Crippen molar-refractivity contribution < 1.29 is 9.63 Å². The van der Waals surface area contributed by atoms with Crippen molar-refractivity contribution in [3.8, 4) is 0 Å². The van der Waals surface area contributed by atoms with Crippen molar-refractivity contribution in [3.63, 3.8) is 0 Å². The molecule has 3 rings (SSSR count). The number of carbonyl (C=O) groups is 1. The van der Waals surface area contributed by atoms with Crippen LogP contribution in [-0.2, 0) is 22.5 Å². The zero-order valence-corrected chi connectivity index (χ0v) is 11.9. The minimum atomic E-state index is -0.382. The van der Waals surface area contributed by atoms with Crippen LogP contribution < -0.4 is 0 Å². The van der Waals surface area contributed by atoms with Crippen molar-refractivity contribution in [1.29, 1.82) is 0 Å². The van der Waals surface area contributed by atoms with Crippen LogP contribution in [0.5, 0.6) is 0 Å². The van der Waals surface area contributed by atoms with Gasteiger partial charge in [0.05, 0.1) is 23.7 Å². The highest BCUT2D eigenvalue weighted by Crippen LogP contribution is 2.10. The Morgan fingerprint density at radius 1 is 1.14 bits per heavy atom. The van der Waals surface area contributed by atoms with Gasteiger partial charge >= 0.3 is 5.97 Å². The van der Waals surface area contributed by atoms with E-state index in [4.69, 9.17) is 4.84 Å². The average molecular weight is 293 g/mol. The molecule has 0 aliphatic heterocycles. The third-order valence-electron chi connectivity index (χ3n) is 3.14. The van der Waals surface area contributed by atoms with E-state index in [2.05, 4.69) is 15.1 Å². The Morgan fingerprint density at radius 2 is 1.91 bits per heavy atom. The minimum absolute atomic E-state index is 0.211. The van der Waals surface area contributed by atoms with Crippen LogP contribution in [0.15, 0.2) is 59.8 Å². The number of hydrogen-bond acceptors (Lipinski definition) is 4. The standard InChI is InChI=1S/C17H15N3O2/c21-17(12-13-6-2-1-3-7-13)22-18-11-10-16-19-14-8-4-5-9-15(14)20-16/h1-9,11H,10,12H2,(H,19,20). The predicted octanol–water partition coefficient (Wildman–Crippen LogP) is 2.88. The Bertz CT molecular complexity index is 761. The van der Waals surface area contributed by atoms with Gasteiger partial charge in [-0.3, -0.25) is 0 Å². The van der Waals surface area contributed by atoms with Gasteiger partial charge in [0.25, 0.3) is 0 Å². The fourth-order valence-electron chi connectivity index (χ4n) is 2.12. The first-order chi connectivity index (χ1) is 10.8. The molecule has 0 amide bonds. The molecule has 0 saturated heterocycles. The number of carbonyl (C=O) groups excluding carboxylic acids is 1. The lowest BCUT2D eigenvalue weighted by Crippen LogP contribution is -2.04. The second-order valence-electron chi connectivity index (χ2n) is 4.82. The molecule has 0 saturated carbocycles. The maximum absolute atomic E-state index is 11.6. The summed E-state index contributed by atoms with van der Waals surface area (Å²) in [6, 6.07) is 17.2. The Hall–Kier alpha value is -2.95. The number of nitrogens with one attached hydrogen (secondary N) is 1. The SMILES string of the molecule is O=C(Cc1ccccc1)ON=CCc1nc2ccccc2[nH]1. The van der Waals surface area contributed by atoms with Gasteiger partial charge < -0.3 is 9.82 Å². The van der Waals surface area contributed by atoms with E-state index < -0.39 is 0 Å². The van der Waals surface area contributed by atoms with Crippen LogP contribution in [0, 0.1) is 0 Å². The second kappa shape index (κ2) is 6.67. The van der Waals surface area contributed by atoms with Gasteiger partial charge in [-0.05, 0) is 17.7 Å². The summed E-state index contributed by atoms with van der Waals surface area (Å²) in [5.74, 6) is 0.399. The zero-order valence-electron chi connectivity index (χ0n) is 11.9. The van der Waals surface area contributed by atoms with E-state index in [1.54, 1.807) is 0 Å². The second-order valence-corrected chi connectivity index (χ2v) is 4.82. The van der Waals surface area contributed by atoms with E-state index in [9.17, 15) is 4.79 Å². The van der Waals surface area contributed by atoms with Crippen LogP contribution in [0.3, 0.4) is 0 Å². The number of oxime groups is 1. The summed E-state index contributed by atoms with van der Waals surface area (Å²) in [5, 5.41) is 3.70. The summed E-state index contributed by atoms with van der Waals surface area (Å²) in [4.78, 5) is 24.0. The zero-order chi connectivity index (χ0) is 15.2. The van der Waals surface area contributed by atoms with Crippen molar-refractivity contribution >= 4 is 23.2 Å². The van der Waals surface area contributed by atoms with E-state index >= 15 is 0 Å². The van der Waals surface area contributed by atoms with Crippen molar-refractivity contribution in [2.45, 2.75) is 12.8 Å². The van der Waals surface area contributed by atoms with Gasteiger partial charge in [0.2, 0.25) is 0 Å². The van der Waals surface area contributed by atoms with Crippen molar-refractivity contribution in [2.24, 2.45) is 5.16 Å². The number of para-hydroxylation sites is 2. The quantitative estimate of drug-likeness (QED) is 0.447. The highest BCUT2D eigenvalue weighted by Gasteiger charge is 2.04. The largest absolute Gasteiger partial charge is 0.342 e. The lowest BCUT2D eigenvalue weighted by molar-refractivity contribution is -0.142. The first kappa shape index (κ1) is 14.0. The molecule has 1 aromatic heterocycles. The Morgan fingerprint density at radius 3 is 2.73 bits per heavy atom. The fraction of sp³-hybridized carbons (Fsp3) is 0.118. The van der Waals surface area contributed by atoms with Crippen LogP contribution in [-0.4, -0.2) is 22.2 Å². The molecule has 0 unspecified atom stereocenters. The van der Waals surface area contributed by atoms with Gasteiger partial charge in [0.15, 0.2) is 0 Å². The van der Waals surface area contributed by atoms with Crippen LogP contribution in [0.1, 0.15) is 11.4 Å². The van der Waals surface area contributed by atoms with Gasteiger partial charge in [-0.25, -0.2) is 9.78 Å². The number of fused-ring (bicyclic) bond motifs is 1. The number of rotatable bonds is 5.